The number of hydrogen-bond donors (Lipinski definition) is 3. The van der Waals surface area contributed by atoms with Gasteiger partial charge < -0.3 is 20.3 Å². The summed E-state index contributed by atoms with van der Waals surface area (Å²) in [6.45, 7) is 12.1. The van der Waals surface area contributed by atoms with Crippen LogP contribution in [0, 0.1) is 0 Å². The van der Waals surface area contributed by atoms with Gasteiger partial charge in [-0.1, -0.05) is 37.6 Å². The number of rotatable bonds is 8. The highest BCUT2D eigenvalue weighted by Gasteiger charge is 2.25. The SMILES string of the molecule is CCCC(C)Nc1ncc2c(-c3ccc(CN4CC(C)NC(C)C4)cc3)cn([C@H]3CC[C@H](O)CC3)c2n1. The summed E-state index contributed by atoms with van der Waals surface area (Å²) < 4.78 is 2.35. The normalized spacial score (nSPS) is 25.9. The molecule has 1 aromatic carbocycles. The highest BCUT2D eigenvalue weighted by molar-refractivity contribution is 5.94. The molecule has 7 heteroatoms. The monoisotopic (exact) mass is 504 g/mol. The number of benzene rings is 1. The third-order valence-electron chi connectivity index (χ3n) is 8.03. The largest absolute Gasteiger partial charge is 0.393 e. The molecular weight excluding hydrogens is 460 g/mol. The van der Waals surface area contributed by atoms with Gasteiger partial charge in [0.2, 0.25) is 5.95 Å². The van der Waals surface area contributed by atoms with Crippen molar-refractivity contribution in [3.8, 4) is 11.1 Å². The van der Waals surface area contributed by atoms with Gasteiger partial charge >= 0.3 is 0 Å². The van der Waals surface area contributed by atoms with Crippen molar-refractivity contribution in [2.24, 2.45) is 0 Å². The second-order valence-corrected chi connectivity index (χ2v) is 11.5. The second kappa shape index (κ2) is 11.5. The molecule has 7 nitrogen and oxygen atoms in total. The van der Waals surface area contributed by atoms with Crippen LogP contribution in [0.3, 0.4) is 0 Å². The number of anilines is 1. The van der Waals surface area contributed by atoms with Crippen LogP contribution in [0.15, 0.2) is 36.7 Å². The number of piperazine rings is 1. The molecule has 3 N–H and O–H groups in total. The van der Waals surface area contributed by atoms with E-state index >= 15 is 0 Å². The van der Waals surface area contributed by atoms with E-state index in [4.69, 9.17) is 9.97 Å². The van der Waals surface area contributed by atoms with Gasteiger partial charge in [0, 0.05) is 67.1 Å². The van der Waals surface area contributed by atoms with E-state index in [9.17, 15) is 5.11 Å². The minimum absolute atomic E-state index is 0.173. The fourth-order valence-electron chi connectivity index (χ4n) is 6.29. The van der Waals surface area contributed by atoms with Gasteiger partial charge in [0.25, 0.3) is 0 Å². The standard InChI is InChI=1S/C30H44N6O/c1-5-6-20(2)33-30-31-15-27-28(19-36(29(27)34-30)25-11-13-26(37)14-12-25)24-9-7-23(8-10-24)18-35-16-21(3)32-22(4)17-35/h7-10,15,19-22,25-26,32,37H,5-6,11-14,16-18H2,1-4H3,(H,31,33,34)/t20?,21?,22?,25-,26-. The van der Waals surface area contributed by atoms with Gasteiger partial charge in [0.15, 0.2) is 0 Å². The van der Waals surface area contributed by atoms with E-state index in [1.165, 1.54) is 16.7 Å². The molecule has 3 heterocycles. The van der Waals surface area contributed by atoms with Crippen molar-refractivity contribution in [3.05, 3.63) is 42.2 Å². The fourth-order valence-corrected chi connectivity index (χ4v) is 6.29. The van der Waals surface area contributed by atoms with Crippen molar-refractivity contribution in [2.75, 3.05) is 18.4 Å². The minimum Gasteiger partial charge on any atom is -0.393 e. The van der Waals surface area contributed by atoms with Gasteiger partial charge in [-0.15, -0.1) is 0 Å². The minimum atomic E-state index is -0.173. The summed E-state index contributed by atoms with van der Waals surface area (Å²) in [6, 6.07) is 10.8. The van der Waals surface area contributed by atoms with E-state index in [0.29, 0.717) is 30.1 Å². The Morgan fingerprint density at radius 3 is 2.46 bits per heavy atom. The highest BCUT2D eigenvalue weighted by atomic mass is 16.3. The number of nitrogens with zero attached hydrogens (tertiary/aromatic N) is 4. The Labute approximate surface area is 221 Å². The van der Waals surface area contributed by atoms with Crippen LogP contribution in [0.2, 0.25) is 0 Å². The van der Waals surface area contributed by atoms with Crippen LogP contribution in [0.25, 0.3) is 22.2 Å². The molecule has 3 unspecified atom stereocenters. The third-order valence-corrected chi connectivity index (χ3v) is 8.03. The molecule has 1 aliphatic carbocycles. The maximum absolute atomic E-state index is 10.1. The maximum atomic E-state index is 10.1. The molecule has 3 aromatic rings. The van der Waals surface area contributed by atoms with E-state index in [1.807, 2.05) is 6.20 Å². The van der Waals surface area contributed by atoms with Crippen LogP contribution in [0.1, 0.15) is 77.8 Å². The Morgan fingerprint density at radius 1 is 1.08 bits per heavy atom. The molecule has 1 aliphatic heterocycles. The Balaban J connectivity index is 1.43. The molecule has 3 atom stereocenters. The predicted molar refractivity (Wildman–Crippen MR) is 152 cm³/mol. The Bertz CT molecular complexity index is 1160. The summed E-state index contributed by atoms with van der Waals surface area (Å²) in [5.41, 5.74) is 4.73. The van der Waals surface area contributed by atoms with E-state index in [2.05, 4.69) is 78.3 Å². The summed E-state index contributed by atoms with van der Waals surface area (Å²) in [7, 11) is 0. The molecule has 2 aromatic heterocycles. The first-order valence-corrected chi connectivity index (χ1v) is 14.3. The summed E-state index contributed by atoms with van der Waals surface area (Å²) >= 11 is 0. The average molecular weight is 505 g/mol. The van der Waals surface area contributed by atoms with Gasteiger partial charge in [-0.05, 0) is 64.0 Å². The molecule has 2 aliphatic rings. The lowest BCUT2D eigenvalue weighted by molar-refractivity contribution is 0.111. The van der Waals surface area contributed by atoms with Crippen LogP contribution in [0.4, 0.5) is 5.95 Å². The molecule has 0 radical (unpaired) electrons. The number of hydrogen-bond acceptors (Lipinski definition) is 6. The van der Waals surface area contributed by atoms with Gasteiger partial charge in [0.1, 0.15) is 5.65 Å². The van der Waals surface area contributed by atoms with Crippen molar-refractivity contribution in [1.82, 2.24) is 24.8 Å². The summed E-state index contributed by atoms with van der Waals surface area (Å²) in [6.07, 6.45) is 9.96. The molecule has 2 fully saturated rings. The molecule has 37 heavy (non-hydrogen) atoms. The van der Waals surface area contributed by atoms with Gasteiger partial charge in [-0.25, -0.2) is 4.98 Å². The first-order valence-electron chi connectivity index (χ1n) is 14.3. The molecule has 0 amide bonds. The van der Waals surface area contributed by atoms with Gasteiger partial charge in [-0.2, -0.15) is 4.98 Å². The zero-order valence-electron chi connectivity index (χ0n) is 23.0. The zero-order valence-corrected chi connectivity index (χ0v) is 23.0. The summed E-state index contributed by atoms with van der Waals surface area (Å²) in [5.74, 6) is 0.699. The second-order valence-electron chi connectivity index (χ2n) is 11.5. The molecule has 0 bridgehead atoms. The van der Waals surface area contributed by atoms with Crippen molar-refractivity contribution < 1.29 is 5.11 Å². The van der Waals surface area contributed by atoms with Crippen LogP contribution in [-0.2, 0) is 6.54 Å². The predicted octanol–water partition coefficient (Wildman–Crippen LogP) is 5.36. The Kier molecular flexibility index (Phi) is 8.12. The lowest BCUT2D eigenvalue weighted by Gasteiger charge is -2.36. The molecule has 0 spiro atoms. The molecular formula is C30H44N6O. The highest BCUT2D eigenvalue weighted by Crippen LogP contribution is 2.37. The molecule has 1 saturated carbocycles. The maximum Gasteiger partial charge on any atom is 0.224 e. The first kappa shape index (κ1) is 26.1. The zero-order chi connectivity index (χ0) is 25.9. The number of aromatic nitrogens is 3. The topological polar surface area (TPSA) is 78.2 Å². The quantitative estimate of drug-likeness (QED) is 0.383. The molecule has 5 rings (SSSR count). The van der Waals surface area contributed by atoms with Crippen molar-refractivity contribution in [1.29, 1.82) is 0 Å². The summed E-state index contributed by atoms with van der Waals surface area (Å²) in [5, 5.41) is 18.3. The summed E-state index contributed by atoms with van der Waals surface area (Å²) in [4.78, 5) is 12.3. The number of nitrogens with one attached hydrogen (secondary N) is 2. The Hall–Kier alpha value is -2.48. The lowest BCUT2D eigenvalue weighted by Crippen LogP contribution is -2.53. The average Bonchev–Trinajstić information content (AvgIpc) is 3.23. The Morgan fingerprint density at radius 2 is 1.78 bits per heavy atom. The van der Waals surface area contributed by atoms with Crippen LogP contribution >= 0.6 is 0 Å². The van der Waals surface area contributed by atoms with Crippen molar-refractivity contribution in [3.63, 3.8) is 0 Å². The number of aliphatic hydroxyl groups is 1. The van der Waals surface area contributed by atoms with E-state index < -0.39 is 0 Å². The first-order chi connectivity index (χ1) is 17.9. The lowest BCUT2D eigenvalue weighted by atomic mass is 9.93. The van der Waals surface area contributed by atoms with Crippen LogP contribution < -0.4 is 10.6 Å². The molecule has 1 saturated heterocycles. The molecule has 200 valence electrons. The van der Waals surface area contributed by atoms with Gasteiger partial charge in [0.05, 0.1) is 6.10 Å². The van der Waals surface area contributed by atoms with E-state index in [0.717, 1.165) is 69.2 Å². The third kappa shape index (κ3) is 6.16. The van der Waals surface area contributed by atoms with E-state index in [1.54, 1.807) is 0 Å². The van der Waals surface area contributed by atoms with Crippen molar-refractivity contribution >= 4 is 17.0 Å². The smallest absolute Gasteiger partial charge is 0.224 e. The van der Waals surface area contributed by atoms with Crippen LogP contribution in [-0.4, -0.2) is 61.9 Å². The van der Waals surface area contributed by atoms with Crippen LogP contribution in [0.5, 0.6) is 0 Å². The fraction of sp³-hybridized carbons (Fsp3) is 0.600. The number of fused-ring (bicyclic) bond motifs is 1. The van der Waals surface area contributed by atoms with E-state index in [-0.39, 0.29) is 6.10 Å². The van der Waals surface area contributed by atoms with Gasteiger partial charge in [-0.3, -0.25) is 4.90 Å². The van der Waals surface area contributed by atoms with Crippen molar-refractivity contribution in [2.45, 2.75) is 103 Å². The number of aliphatic hydroxyl groups excluding tert-OH is 1.